The first-order valence-corrected chi connectivity index (χ1v) is 9.16. The van der Waals surface area contributed by atoms with Gasteiger partial charge < -0.3 is 5.11 Å². The molecule has 2 nitrogen and oxygen atoms in total. The fraction of sp³-hybridized carbons (Fsp3) is 0.947. The third kappa shape index (κ3) is 1.84. The lowest BCUT2D eigenvalue weighted by Gasteiger charge is -2.60. The maximum absolute atomic E-state index is 12.4. The van der Waals surface area contributed by atoms with Crippen LogP contribution in [-0.4, -0.2) is 17.0 Å². The molecule has 0 saturated heterocycles. The van der Waals surface area contributed by atoms with Gasteiger partial charge in [0.1, 0.15) is 5.78 Å². The second kappa shape index (κ2) is 4.57. The van der Waals surface area contributed by atoms with Crippen LogP contribution in [0.5, 0.6) is 0 Å². The zero-order valence-electron chi connectivity index (χ0n) is 13.6. The van der Waals surface area contributed by atoms with Gasteiger partial charge in [-0.1, -0.05) is 13.8 Å². The van der Waals surface area contributed by atoms with E-state index < -0.39 is 0 Å². The van der Waals surface area contributed by atoms with Gasteiger partial charge in [0.15, 0.2) is 0 Å². The van der Waals surface area contributed by atoms with Crippen molar-refractivity contribution in [3.63, 3.8) is 0 Å². The predicted molar refractivity (Wildman–Crippen MR) is 82.7 cm³/mol. The van der Waals surface area contributed by atoms with Crippen LogP contribution in [0, 0.1) is 34.5 Å². The Balaban J connectivity index is 1.64. The van der Waals surface area contributed by atoms with E-state index in [2.05, 4.69) is 13.8 Å². The van der Waals surface area contributed by atoms with Crippen LogP contribution in [-0.2, 0) is 4.79 Å². The number of fused-ring (bicyclic) bond motifs is 5. The number of hydrogen-bond acceptors (Lipinski definition) is 2. The average Bonchev–Trinajstić information content (AvgIpc) is 2.76. The van der Waals surface area contributed by atoms with Crippen LogP contribution >= 0.6 is 0 Å². The van der Waals surface area contributed by atoms with Crippen molar-refractivity contribution < 1.29 is 9.90 Å². The Morgan fingerprint density at radius 1 is 1.00 bits per heavy atom. The van der Waals surface area contributed by atoms with Crippen molar-refractivity contribution in [1.29, 1.82) is 0 Å². The number of ketones is 1. The molecule has 0 aromatic rings. The van der Waals surface area contributed by atoms with Crippen molar-refractivity contribution in [3.05, 3.63) is 0 Å². The van der Waals surface area contributed by atoms with Crippen LogP contribution in [0.2, 0.25) is 0 Å². The molecule has 0 aliphatic heterocycles. The van der Waals surface area contributed by atoms with Gasteiger partial charge in [-0.05, 0) is 80.5 Å². The third-order valence-corrected chi connectivity index (χ3v) is 8.35. The summed E-state index contributed by atoms with van der Waals surface area (Å²) in [6.07, 6.45) is 10.1. The Labute approximate surface area is 128 Å². The summed E-state index contributed by atoms with van der Waals surface area (Å²) in [4.78, 5) is 12.4. The Kier molecular flexibility index (Phi) is 3.10. The average molecular weight is 290 g/mol. The predicted octanol–water partition coefficient (Wildman–Crippen LogP) is 3.96. The third-order valence-electron chi connectivity index (χ3n) is 8.35. The molecule has 0 spiro atoms. The maximum Gasteiger partial charge on any atom is 0.139 e. The van der Waals surface area contributed by atoms with Gasteiger partial charge in [-0.3, -0.25) is 4.79 Å². The summed E-state index contributed by atoms with van der Waals surface area (Å²) >= 11 is 0. The molecule has 2 heteroatoms. The first-order valence-electron chi connectivity index (χ1n) is 9.16. The van der Waals surface area contributed by atoms with Gasteiger partial charge in [0, 0.05) is 11.8 Å². The minimum absolute atomic E-state index is 0.0124. The van der Waals surface area contributed by atoms with E-state index in [-0.39, 0.29) is 11.5 Å². The van der Waals surface area contributed by atoms with E-state index in [1.165, 1.54) is 25.7 Å². The number of carbonyl (C=O) groups excluding carboxylic acids is 1. The molecule has 0 unspecified atom stereocenters. The summed E-state index contributed by atoms with van der Waals surface area (Å²) < 4.78 is 0. The molecule has 4 aliphatic carbocycles. The van der Waals surface area contributed by atoms with Gasteiger partial charge in [-0.15, -0.1) is 0 Å². The molecule has 4 rings (SSSR count). The lowest BCUT2D eigenvalue weighted by Crippen LogP contribution is -2.54. The molecule has 4 fully saturated rings. The summed E-state index contributed by atoms with van der Waals surface area (Å²) in [5, 5.41) is 10.0. The molecule has 0 radical (unpaired) electrons. The highest BCUT2D eigenvalue weighted by Crippen LogP contribution is 2.65. The second-order valence-electron chi connectivity index (χ2n) is 9.00. The van der Waals surface area contributed by atoms with Crippen molar-refractivity contribution in [2.24, 2.45) is 34.5 Å². The van der Waals surface area contributed by atoms with Crippen LogP contribution in [0.3, 0.4) is 0 Å². The number of Topliss-reactive ketones (excluding diaryl/α,β-unsaturated/α-hetero) is 1. The lowest BCUT2D eigenvalue weighted by molar-refractivity contribution is -0.142. The van der Waals surface area contributed by atoms with E-state index in [4.69, 9.17) is 0 Å². The van der Waals surface area contributed by atoms with Gasteiger partial charge in [-0.2, -0.15) is 0 Å². The van der Waals surface area contributed by atoms with Gasteiger partial charge in [0.05, 0.1) is 6.10 Å². The van der Waals surface area contributed by atoms with Gasteiger partial charge >= 0.3 is 0 Å². The number of rotatable bonds is 0. The number of hydrogen-bond donors (Lipinski definition) is 1. The number of aliphatic hydroxyl groups excluding tert-OH is 1. The molecule has 7 atom stereocenters. The zero-order chi connectivity index (χ0) is 14.8. The summed E-state index contributed by atoms with van der Waals surface area (Å²) in [6, 6.07) is 0. The number of aliphatic hydroxyl groups is 1. The van der Waals surface area contributed by atoms with Gasteiger partial charge in [0.2, 0.25) is 0 Å². The minimum atomic E-state index is -0.0541. The summed E-state index contributed by atoms with van der Waals surface area (Å²) in [5.74, 6) is 3.54. The highest BCUT2D eigenvalue weighted by atomic mass is 16.3. The van der Waals surface area contributed by atoms with Crippen LogP contribution in [0.15, 0.2) is 0 Å². The molecule has 0 amide bonds. The van der Waals surface area contributed by atoms with E-state index >= 15 is 0 Å². The fourth-order valence-corrected chi connectivity index (χ4v) is 7.01. The lowest BCUT2D eigenvalue weighted by atomic mass is 9.45. The minimum Gasteiger partial charge on any atom is -0.393 e. The van der Waals surface area contributed by atoms with Crippen LogP contribution in [0.25, 0.3) is 0 Å². The first-order chi connectivity index (χ1) is 9.95. The van der Waals surface area contributed by atoms with Gasteiger partial charge in [-0.25, -0.2) is 0 Å². The normalized spacial score (nSPS) is 56.5. The van der Waals surface area contributed by atoms with Crippen LogP contribution in [0.1, 0.15) is 71.6 Å². The van der Waals surface area contributed by atoms with Crippen molar-refractivity contribution in [2.75, 3.05) is 0 Å². The second-order valence-corrected chi connectivity index (χ2v) is 9.00. The summed E-state index contributed by atoms with van der Waals surface area (Å²) in [6.45, 7) is 4.78. The van der Waals surface area contributed by atoms with E-state index in [1.807, 2.05) is 0 Å². The van der Waals surface area contributed by atoms with Crippen LogP contribution in [0.4, 0.5) is 0 Å². The standard InChI is InChI=1S/C19H30O2/c1-18-9-7-13(20)11-12(18)3-4-14-15-5-6-17(21)19(15,2)10-8-16(14)18/h12-16,20H,3-11H2,1-2H3/t12-,13+,14-,15+,16-,18-,19+/m0/s1. The monoisotopic (exact) mass is 290 g/mol. The van der Waals surface area contributed by atoms with Crippen molar-refractivity contribution in [2.45, 2.75) is 77.7 Å². The van der Waals surface area contributed by atoms with E-state index in [9.17, 15) is 9.90 Å². The first kappa shape index (κ1) is 14.2. The molecule has 21 heavy (non-hydrogen) atoms. The molecular weight excluding hydrogens is 260 g/mol. The number of carbonyl (C=O) groups is 1. The SMILES string of the molecule is C[C@]12CC[C@@H](O)C[C@@H]1CC[C@H]1[C@H]3CCC(=O)[C@]3(C)CC[C@@H]12. The van der Waals surface area contributed by atoms with E-state index in [0.29, 0.717) is 17.1 Å². The van der Waals surface area contributed by atoms with Crippen molar-refractivity contribution >= 4 is 5.78 Å². The zero-order valence-corrected chi connectivity index (χ0v) is 13.6. The summed E-state index contributed by atoms with van der Waals surface area (Å²) in [7, 11) is 0. The summed E-state index contributed by atoms with van der Waals surface area (Å²) in [5.41, 5.74) is 0.452. The highest BCUT2D eigenvalue weighted by Gasteiger charge is 2.60. The highest BCUT2D eigenvalue weighted by molar-refractivity contribution is 5.87. The molecule has 0 aromatic carbocycles. The van der Waals surface area contributed by atoms with E-state index in [1.54, 1.807) is 0 Å². The Bertz CT molecular complexity index is 458. The molecule has 0 bridgehead atoms. The molecule has 1 N–H and O–H groups in total. The van der Waals surface area contributed by atoms with Crippen molar-refractivity contribution in [3.8, 4) is 0 Å². The van der Waals surface area contributed by atoms with Crippen molar-refractivity contribution in [1.82, 2.24) is 0 Å². The molecular formula is C19H30O2. The molecule has 4 saturated carbocycles. The Morgan fingerprint density at radius 2 is 1.81 bits per heavy atom. The molecule has 0 aromatic heterocycles. The van der Waals surface area contributed by atoms with E-state index in [0.717, 1.165) is 49.9 Å². The van der Waals surface area contributed by atoms with Crippen LogP contribution < -0.4 is 0 Å². The molecule has 4 aliphatic rings. The Hall–Kier alpha value is -0.370. The molecule has 118 valence electrons. The van der Waals surface area contributed by atoms with Gasteiger partial charge in [0.25, 0.3) is 0 Å². The quantitative estimate of drug-likeness (QED) is 0.733. The fourth-order valence-electron chi connectivity index (χ4n) is 7.01. The topological polar surface area (TPSA) is 37.3 Å². The maximum atomic E-state index is 12.4. The smallest absolute Gasteiger partial charge is 0.139 e. The largest absolute Gasteiger partial charge is 0.393 e. The molecule has 0 heterocycles. The Morgan fingerprint density at radius 3 is 2.62 bits per heavy atom.